The lowest BCUT2D eigenvalue weighted by Crippen LogP contribution is -2.62. The zero-order chi connectivity index (χ0) is 13.0. The Bertz CT molecular complexity index is 634. The Balaban J connectivity index is 1.58. The molecule has 0 amide bonds. The molecule has 0 aromatic carbocycles. The Kier molecular flexibility index (Phi) is 2.22. The van der Waals surface area contributed by atoms with E-state index >= 15 is 0 Å². The van der Waals surface area contributed by atoms with Crippen LogP contribution in [0.25, 0.3) is 5.52 Å². The minimum absolute atomic E-state index is 0.391. The Labute approximate surface area is 112 Å². The SMILES string of the molecule is Cc1ncc2ccc(OC3CC4(CNC4)C3)c(C)n12. The fourth-order valence-corrected chi connectivity index (χ4v) is 3.47. The lowest BCUT2D eigenvalue weighted by Gasteiger charge is -2.53. The molecule has 2 aromatic heterocycles. The summed E-state index contributed by atoms with van der Waals surface area (Å²) in [5.74, 6) is 2.02. The zero-order valence-corrected chi connectivity index (χ0v) is 11.4. The van der Waals surface area contributed by atoms with Crippen molar-refractivity contribution in [3.63, 3.8) is 0 Å². The highest BCUT2D eigenvalue weighted by Crippen LogP contribution is 2.46. The van der Waals surface area contributed by atoms with E-state index in [2.05, 4.69) is 33.8 Å². The Morgan fingerprint density at radius 1 is 1.32 bits per heavy atom. The number of nitrogens with zero attached hydrogens (tertiary/aromatic N) is 2. The van der Waals surface area contributed by atoms with E-state index in [1.165, 1.54) is 25.9 Å². The number of pyridine rings is 1. The van der Waals surface area contributed by atoms with Crippen molar-refractivity contribution in [1.82, 2.24) is 14.7 Å². The van der Waals surface area contributed by atoms with Gasteiger partial charge in [0.1, 0.15) is 17.7 Å². The fourth-order valence-electron chi connectivity index (χ4n) is 3.47. The van der Waals surface area contributed by atoms with Gasteiger partial charge in [-0.2, -0.15) is 0 Å². The van der Waals surface area contributed by atoms with Gasteiger partial charge in [0, 0.05) is 18.5 Å². The first-order chi connectivity index (χ1) is 9.17. The van der Waals surface area contributed by atoms with Gasteiger partial charge in [-0.3, -0.25) is 4.40 Å². The molecule has 0 atom stereocenters. The smallest absolute Gasteiger partial charge is 0.139 e. The van der Waals surface area contributed by atoms with Crippen LogP contribution in [0.3, 0.4) is 0 Å². The van der Waals surface area contributed by atoms with Crippen molar-refractivity contribution in [3.05, 3.63) is 29.8 Å². The summed E-state index contributed by atoms with van der Waals surface area (Å²) < 4.78 is 8.33. The van der Waals surface area contributed by atoms with Crippen LogP contribution in [-0.4, -0.2) is 28.6 Å². The van der Waals surface area contributed by atoms with Crippen molar-refractivity contribution in [3.8, 4) is 5.75 Å². The van der Waals surface area contributed by atoms with Gasteiger partial charge in [0.15, 0.2) is 0 Å². The quantitative estimate of drug-likeness (QED) is 0.895. The number of aryl methyl sites for hydroxylation is 2. The average molecular weight is 257 g/mol. The molecule has 1 spiro atoms. The maximum atomic E-state index is 6.17. The van der Waals surface area contributed by atoms with Crippen molar-refractivity contribution in [2.24, 2.45) is 5.41 Å². The maximum absolute atomic E-state index is 6.17. The van der Waals surface area contributed by atoms with Crippen LogP contribution < -0.4 is 10.1 Å². The number of aromatic nitrogens is 2. The summed E-state index contributed by atoms with van der Waals surface area (Å²) in [5, 5.41) is 3.36. The van der Waals surface area contributed by atoms with Crippen LogP contribution in [0.1, 0.15) is 24.4 Å². The third-order valence-electron chi connectivity index (χ3n) is 4.68. The van der Waals surface area contributed by atoms with E-state index in [-0.39, 0.29) is 0 Å². The van der Waals surface area contributed by atoms with Crippen LogP contribution in [0.15, 0.2) is 18.3 Å². The van der Waals surface area contributed by atoms with E-state index in [4.69, 9.17) is 4.74 Å². The van der Waals surface area contributed by atoms with Gasteiger partial charge in [-0.1, -0.05) is 0 Å². The van der Waals surface area contributed by atoms with E-state index in [0.717, 1.165) is 22.8 Å². The molecule has 2 fully saturated rings. The molecular formula is C15H19N3O. The third kappa shape index (κ3) is 1.59. The summed E-state index contributed by atoms with van der Waals surface area (Å²) in [4.78, 5) is 4.36. The molecule has 1 aliphatic carbocycles. The predicted octanol–water partition coefficient (Wildman–Crippen LogP) is 2.08. The summed E-state index contributed by atoms with van der Waals surface area (Å²) in [6.45, 7) is 6.48. The predicted molar refractivity (Wildman–Crippen MR) is 73.6 cm³/mol. The summed E-state index contributed by atoms with van der Waals surface area (Å²) in [6.07, 6.45) is 4.69. The topological polar surface area (TPSA) is 38.6 Å². The monoisotopic (exact) mass is 257 g/mol. The molecular weight excluding hydrogens is 238 g/mol. The molecule has 3 heterocycles. The van der Waals surface area contributed by atoms with E-state index in [0.29, 0.717) is 11.5 Å². The molecule has 2 aliphatic rings. The fraction of sp³-hybridized carbons (Fsp3) is 0.533. The van der Waals surface area contributed by atoms with Crippen molar-refractivity contribution in [2.75, 3.05) is 13.1 Å². The zero-order valence-electron chi connectivity index (χ0n) is 11.4. The second-order valence-electron chi connectivity index (χ2n) is 6.10. The molecule has 0 unspecified atom stereocenters. The number of hydrogen-bond donors (Lipinski definition) is 1. The first-order valence-corrected chi connectivity index (χ1v) is 6.98. The highest BCUT2D eigenvalue weighted by Gasteiger charge is 2.49. The van der Waals surface area contributed by atoms with Gasteiger partial charge in [0.2, 0.25) is 0 Å². The normalized spacial score (nSPS) is 21.4. The van der Waals surface area contributed by atoms with Crippen molar-refractivity contribution in [2.45, 2.75) is 32.8 Å². The van der Waals surface area contributed by atoms with Gasteiger partial charge in [-0.05, 0) is 38.8 Å². The molecule has 4 nitrogen and oxygen atoms in total. The van der Waals surface area contributed by atoms with E-state index in [9.17, 15) is 0 Å². The van der Waals surface area contributed by atoms with Gasteiger partial charge in [0.25, 0.3) is 0 Å². The standard InChI is InChI=1S/C15H19N3O/c1-10-14(4-3-12-7-17-11(2)18(10)12)19-13-5-15(6-13)8-16-9-15/h3-4,7,13,16H,5-6,8-9H2,1-2H3. The minimum atomic E-state index is 0.391. The van der Waals surface area contributed by atoms with E-state index in [1.807, 2.05) is 13.1 Å². The summed E-state index contributed by atoms with van der Waals surface area (Å²) >= 11 is 0. The molecule has 100 valence electrons. The number of rotatable bonds is 2. The number of ether oxygens (including phenoxy) is 1. The molecule has 0 bridgehead atoms. The van der Waals surface area contributed by atoms with Crippen molar-refractivity contribution < 1.29 is 4.74 Å². The number of nitrogens with one attached hydrogen (secondary N) is 1. The number of imidazole rings is 1. The molecule has 4 rings (SSSR count). The highest BCUT2D eigenvalue weighted by molar-refractivity contribution is 5.51. The second kappa shape index (κ2) is 3.73. The summed E-state index contributed by atoms with van der Waals surface area (Å²) in [5.41, 5.74) is 2.85. The van der Waals surface area contributed by atoms with Gasteiger partial charge in [-0.25, -0.2) is 4.98 Å². The average Bonchev–Trinajstić information content (AvgIpc) is 2.66. The van der Waals surface area contributed by atoms with Gasteiger partial charge in [-0.15, -0.1) is 0 Å². The van der Waals surface area contributed by atoms with Gasteiger partial charge in [0.05, 0.1) is 17.4 Å². The molecule has 1 saturated carbocycles. The molecule has 2 aromatic rings. The second-order valence-corrected chi connectivity index (χ2v) is 6.10. The van der Waals surface area contributed by atoms with Gasteiger partial charge >= 0.3 is 0 Å². The molecule has 0 radical (unpaired) electrons. The lowest BCUT2D eigenvalue weighted by molar-refractivity contribution is -0.0499. The van der Waals surface area contributed by atoms with Crippen LogP contribution in [0.5, 0.6) is 5.75 Å². The van der Waals surface area contributed by atoms with Crippen LogP contribution in [0.2, 0.25) is 0 Å². The summed E-state index contributed by atoms with van der Waals surface area (Å²) in [7, 11) is 0. The van der Waals surface area contributed by atoms with Crippen LogP contribution in [0.4, 0.5) is 0 Å². The summed E-state index contributed by atoms with van der Waals surface area (Å²) in [6, 6.07) is 4.16. The molecule has 1 saturated heterocycles. The minimum Gasteiger partial charge on any atom is -0.489 e. The van der Waals surface area contributed by atoms with Crippen molar-refractivity contribution >= 4 is 5.52 Å². The van der Waals surface area contributed by atoms with Crippen LogP contribution >= 0.6 is 0 Å². The third-order valence-corrected chi connectivity index (χ3v) is 4.68. The number of fused-ring (bicyclic) bond motifs is 1. The Morgan fingerprint density at radius 3 is 2.79 bits per heavy atom. The Hall–Kier alpha value is -1.55. The number of hydrogen-bond acceptors (Lipinski definition) is 3. The van der Waals surface area contributed by atoms with E-state index < -0.39 is 0 Å². The highest BCUT2D eigenvalue weighted by atomic mass is 16.5. The van der Waals surface area contributed by atoms with Crippen molar-refractivity contribution in [1.29, 1.82) is 0 Å². The van der Waals surface area contributed by atoms with Crippen LogP contribution in [0, 0.1) is 19.3 Å². The van der Waals surface area contributed by atoms with Gasteiger partial charge < -0.3 is 10.1 Å². The molecule has 19 heavy (non-hydrogen) atoms. The lowest BCUT2D eigenvalue weighted by atomic mass is 9.63. The first-order valence-electron chi connectivity index (χ1n) is 6.98. The first kappa shape index (κ1) is 11.3. The van der Waals surface area contributed by atoms with E-state index in [1.54, 1.807) is 0 Å². The largest absolute Gasteiger partial charge is 0.489 e. The maximum Gasteiger partial charge on any atom is 0.139 e. The molecule has 4 heteroatoms. The molecule has 1 N–H and O–H groups in total. The molecule has 1 aliphatic heterocycles. The Morgan fingerprint density at radius 2 is 2.11 bits per heavy atom. The van der Waals surface area contributed by atoms with Crippen LogP contribution in [-0.2, 0) is 0 Å².